The van der Waals surface area contributed by atoms with E-state index < -0.39 is 0 Å². The lowest BCUT2D eigenvalue weighted by Crippen LogP contribution is -2.55. The van der Waals surface area contributed by atoms with Crippen molar-refractivity contribution in [2.75, 3.05) is 32.7 Å². The molecule has 6 heteroatoms. The third kappa shape index (κ3) is 5.34. The first-order valence-corrected chi connectivity index (χ1v) is 7.72. The van der Waals surface area contributed by atoms with Crippen LogP contribution in [0.25, 0.3) is 0 Å². The second-order valence-corrected chi connectivity index (χ2v) is 6.65. The highest BCUT2D eigenvalue weighted by atomic mass is 32.1. The molecule has 1 rings (SSSR count). The van der Waals surface area contributed by atoms with Crippen LogP contribution in [0.2, 0.25) is 0 Å². The van der Waals surface area contributed by atoms with Crippen molar-refractivity contribution in [2.45, 2.75) is 45.7 Å². The van der Waals surface area contributed by atoms with Crippen molar-refractivity contribution in [3.8, 4) is 0 Å². The molecule has 1 unspecified atom stereocenters. The van der Waals surface area contributed by atoms with Crippen molar-refractivity contribution in [3.63, 3.8) is 0 Å². The van der Waals surface area contributed by atoms with Crippen molar-refractivity contribution >= 4 is 23.1 Å². The van der Waals surface area contributed by atoms with Crippen LogP contribution >= 0.6 is 12.2 Å². The minimum absolute atomic E-state index is 0.104. The molecule has 0 aromatic rings. The van der Waals surface area contributed by atoms with Gasteiger partial charge in [0.2, 0.25) is 5.91 Å². The van der Waals surface area contributed by atoms with Crippen LogP contribution in [0.15, 0.2) is 0 Å². The molecule has 0 aromatic carbocycles. The summed E-state index contributed by atoms with van der Waals surface area (Å²) in [5.41, 5.74) is 5.55. The highest BCUT2D eigenvalue weighted by Crippen LogP contribution is 2.09. The molecule has 0 bridgehead atoms. The SMILES string of the molecule is CCC(C)(C)NC(=O)CN1CCN(C(C)C(N)=S)CC1. The molecule has 1 atom stereocenters. The summed E-state index contributed by atoms with van der Waals surface area (Å²) < 4.78 is 0. The fourth-order valence-corrected chi connectivity index (χ4v) is 2.35. The Labute approximate surface area is 127 Å². The molecule has 20 heavy (non-hydrogen) atoms. The van der Waals surface area contributed by atoms with E-state index in [0.29, 0.717) is 11.5 Å². The van der Waals surface area contributed by atoms with Gasteiger partial charge < -0.3 is 11.1 Å². The highest BCUT2D eigenvalue weighted by Gasteiger charge is 2.25. The molecule has 0 radical (unpaired) electrons. The summed E-state index contributed by atoms with van der Waals surface area (Å²) in [6, 6.07) is 0.139. The topological polar surface area (TPSA) is 61.6 Å². The van der Waals surface area contributed by atoms with E-state index in [9.17, 15) is 4.79 Å². The minimum Gasteiger partial charge on any atom is -0.392 e. The largest absolute Gasteiger partial charge is 0.392 e. The Hall–Kier alpha value is -0.720. The smallest absolute Gasteiger partial charge is 0.234 e. The van der Waals surface area contributed by atoms with Crippen LogP contribution in [0.4, 0.5) is 0 Å². The lowest BCUT2D eigenvalue weighted by Gasteiger charge is -2.37. The Kier molecular flexibility index (Phi) is 6.36. The number of nitrogens with zero attached hydrogens (tertiary/aromatic N) is 2. The lowest BCUT2D eigenvalue weighted by molar-refractivity contribution is -0.124. The van der Waals surface area contributed by atoms with Crippen LogP contribution in [0.3, 0.4) is 0 Å². The zero-order valence-corrected chi connectivity index (χ0v) is 13.9. The molecule has 1 amide bonds. The summed E-state index contributed by atoms with van der Waals surface area (Å²) in [5, 5.41) is 3.07. The molecule has 3 N–H and O–H groups in total. The monoisotopic (exact) mass is 300 g/mol. The summed E-state index contributed by atoms with van der Waals surface area (Å²) in [6.07, 6.45) is 0.929. The number of nitrogens with two attached hydrogens (primary N) is 1. The summed E-state index contributed by atoms with van der Waals surface area (Å²) in [7, 11) is 0. The normalized spacial score (nSPS) is 19.6. The van der Waals surface area contributed by atoms with E-state index in [2.05, 4.69) is 22.0 Å². The van der Waals surface area contributed by atoms with Gasteiger partial charge in [-0.3, -0.25) is 14.6 Å². The standard InChI is InChI=1S/C14H28N4OS/c1-5-14(3,4)16-12(19)10-17-6-8-18(9-7-17)11(2)13(15)20/h11H,5-10H2,1-4H3,(H2,15,20)(H,16,19). The molecule has 1 aliphatic rings. The Morgan fingerprint density at radius 1 is 1.35 bits per heavy atom. The van der Waals surface area contributed by atoms with E-state index in [1.54, 1.807) is 0 Å². The maximum atomic E-state index is 12.0. The van der Waals surface area contributed by atoms with Gasteiger partial charge in [-0.15, -0.1) is 0 Å². The Bertz CT molecular complexity index is 351. The first-order chi connectivity index (χ1) is 9.25. The van der Waals surface area contributed by atoms with E-state index >= 15 is 0 Å². The number of thiocarbonyl (C=S) groups is 1. The third-order valence-electron chi connectivity index (χ3n) is 4.10. The fraction of sp³-hybridized carbons (Fsp3) is 0.857. The van der Waals surface area contributed by atoms with E-state index in [4.69, 9.17) is 18.0 Å². The summed E-state index contributed by atoms with van der Waals surface area (Å²) in [4.78, 5) is 17.0. The quantitative estimate of drug-likeness (QED) is 0.703. The van der Waals surface area contributed by atoms with Gasteiger partial charge in [0, 0.05) is 31.7 Å². The number of nitrogens with one attached hydrogen (secondary N) is 1. The van der Waals surface area contributed by atoms with Gasteiger partial charge in [-0.2, -0.15) is 0 Å². The fourth-order valence-electron chi connectivity index (χ4n) is 2.20. The number of hydrogen-bond acceptors (Lipinski definition) is 4. The van der Waals surface area contributed by atoms with E-state index in [-0.39, 0.29) is 17.5 Å². The number of amides is 1. The molecule has 1 aliphatic heterocycles. The van der Waals surface area contributed by atoms with Crippen LogP contribution < -0.4 is 11.1 Å². The van der Waals surface area contributed by atoms with Gasteiger partial charge in [0.25, 0.3) is 0 Å². The lowest BCUT2D eigenvalue weighted by atomic mass is 10.0. The third-order valence-corrected chi connectivity index (χ3v) is 4.44. The van der Waals surface area contributed by atoms with E-state index in [0.717, 1.165) is 32.6 Å². The first-order valence-electron chi connectivity index (χ1n) is 7.32. The molecule has 1 saturated heterocycles. The molecule has 0 aromatic heterocycles. The summed E-state index contributed by atoms with van der Waals surface area (Å²) in [6.45, 7) is 12.3. The molecule has 1 fully saturated rings. The van der Waals surface area contributed by atoms with Crippen LogP contribution in [0, 0.1) is 0 Å². The van der Waals surface area contributed by atoms with Crippen molar-refractivity contribution in [2.24, 2.45) is 5.73 Å². The van der Waals surface area contributed by atoms with Gasteiger partial charge in [-0.1, -0.05) is 19.1 Å². The molecule has 5 nitrogen and oxygen atoms in total. The van der Waals surface area contributed by atoms with Crippen LogP contribution in [-0.2, 0) is 4.79 Å². The van der Waals surface area contributed by atoms with Crippen molar-refractivity contribution < 1.29 is 4.79 Å². The molecule has 116 valence electrons. The second-order valence-electron chi connectivity index (χ2n) is 6.18. The first kappa shape index (κ1) is 17.3. The van der Waals surface area contributed by atoms with Gasteiger partial charge in [0.1, 0.15) is 0 Å². The minimum atomic E-state index is -0.126. The molecule has 0 saturated carbocycles. The predicted octanol–water partition coefficient (Wildman–Crippen LogP) is 0.583. The second kappa shape index (κ2) is 7.33. The van der Waals surface area contributed by atoms with Crippen LogP contribution in [-0.4, -0.2) is 65.0 Å². The number of hydrogen-bond donors (Lipinski definition) is 2. The molecule has 1 heterocycles. The molecule has 0 aliphatic carbocycles. The predicted molar refractivity (Wildman–Crippen MR) is 86.8 cm³/mol. The van der Waals surface area contributed by atoms with Crippen molar-refractivity contribution in [1.29, 1.82) is 0 Å². The maximum absolute atomic E-state index is 12.0. The van der Waals surface area contributed by atoms with E-state index in [1.165, 1.54) is 0 Å². The highest BCUT2D eigenvalue weighted by molar-refractivity contribution is 7.80. The van der Waals surface area contributed by atoms with Crippen LogP contribution in [0.1, 0.15) is 34.1 Å². The van der Waals surface area contributed by atoms with Gasteiger partial charge in [-0.05, 0) is 27.2 Å². The summed E-state index contributed by atoms with van der Waals surface area (Å²) in [5.74, 6) is 0.104. The maximum Gasteiger partial charge on any atom is 0.234 e. The zero-order valence-electron chi connectivity index (χ0n) is 13.1. The van der Waals surface area contributed by atoms with Gasteiger partial charge in [0.15, 0.2) is 0 Å². The van der Waals surface area contributed by atoms with Crippen LogP contribution in [0.5, 0.6) is 0 Å². The van der Waals surface area contributed by atoms with Gasteiger partial charge in [0.05, 0.1) is 17.6 Å². The number of carbonyl (C=O) groups is 1. The van der Waals surface area contributed by atoms with Crippen molar-refractivity contribution in [1.82, 2.24) is 15.1 Å². The zero-order chi connectivity index (χ0) is 15.3. The Balaban J connectivity index is 2.36. The molecule has 0 spiro atoms. The van der Waals surface area contributed by atoms with E-state index in [1.807, 2.05) is 20.8 Å². The number of piperazine rings is 1. The Morgan fingerprint density at radius 2 is 1.90 bits per heavy atom. The molecular weight excluding hydrogens is 272 g/mol. The number of rotatable bonds is 6. The van der Waals surface area contributed by atoms with Gasteiger partial charge >= 0.3 is 0 Å². The average molecular weight is 300 g/mol. The average Bonchev–Trinajstić information content (AvgIpc) is 2.38. The molecular formula is C14H28N4OS. The number of carbonyl (C=O) groups excluding carboxylic acids is 1. The van der Waals surface area contributed by atoms with Crippen molar-refractivity contribution in [3.05, 3.63) is 0 Å². The summed E-state index contributed by atoms with van der Waals surface area (Å²) >= 11 is 5.03. The van der Waals surface area contributed by atoms with Gasteiger partial charge in [-0.25, -0.2) is 0 Å². The Morgan fingerprint density at radius 3 is 2.35 bits per heavy atom.